The molecule has 0 aliphatic carbocycles. The lowest BCUT2D eigenvalue weighted by molar-refractivity contribution is 0.0609. The summed E-state index contributed by atoms with van der Waals surface area (Å²) in [7, 11) is 0. The van der Waals surface area contributed by atoms with Crippen molar-refractivity contribution in [2.24, 2.45) is 0 Å². The number of piperazine rings is 1. The molecule has 138 valence electrons. The monoisotopic (exact) mass is 358 g/mol. The molecule has 26 heavy (non-hydrogen) atoms. The number of rotatable bonds is 6. The minimum absolute atomic E-state index is 0.124. The van der Waals surface area contributed by atoms with Gasteiger partial charge in [0.2, 0.25) is 0 Å². The molecular formula is C18H22N4O4. The quantitative estimate of drug-likeness (QED) is 0.773. The van der Waals surface area contributed by atoms with Crippen LogP contribution in [0.1, 0.15) is 26.6 Å². The lowest BCUT2D eigenvalue weighted by atomic mass is 10.2. The highest BCUT2D eigenvalue weighted by atomic mass is 16.3. The van der Waals surface area contributed by atoms with Gasteiger partial charge in [0.15, 0.2) is 0 Å². The van der Waals surface area contributed by atoms with E-state index >= 15 is 0 Å². The normalized spacial score (nSPS) is 15.0. The first-order valence-corrected chi connectivity index (χ1v) is 8.56. The second-order valence-corrected chi connectivity index (χ2v) is 6.05. The Labute approximate surface area is 151 Å². The summed E-state index contributed by atoms with van der Waals surface area (Å²) in [6, 6.07) is 6.71. The van der Waals surface area contributed by atoms with Gasteiger partial charge in [-0.2, -0.15) is 0 Å². The summed E-state index contributed by atoms with van der Waals surface area (Å²) in [5, 5.41) is 11.7. The lowest BCUT2D eigenvalue weighted by Gasteiger charge is -2.34. The summed E-state index contributed by atoms with van der Waals surface area (Å²) < 4.78 is 5.16. The molecule has 2 N–H and O–H groups in total. The first kappa shape index (κ1) is 18.1. The number of carbonyl (C=O) groups is 2. The van der Waals surface area contributed by atoms with E-state index in [1.165, 1.54) is 6.20 Å². The molecule has 0 bridgehead atoms. The van der Waals surface area contributed by atoms with Crippen LogP contribution in [0.4, 0.5) is 0 Å². The number of aliphatic hydroxyl groups is 1. The number of aliphatic hydroxyl groups excluding tert-OH is 1. The number of aromatic nitrogens is 1. The van der Waals surface area contributed by atoms with Gasteiger partial charge in [-0.1, -0.05) is 0 Å². The molecule has 3 rings (SSSR count). The topological polar surface area (TPSA) is 98.9 Å². The minimum Gasteiger partial charge on any atom is -0.467 e. The Balaban J connectivity index is 1.53. The van der Waals surface area contributed by atoms with Crippen LogP contribution in [0.25, 0.3) is 0 Å². The van der Waals surface area contributed by atoms with Crippen LogP contribution in [0, 0.1) is 0 Å². The van der Waals surface area contributed by atoms with Crippen molar-refractivity contribution >= 4 is 11.8 Å². The molecule has 0 atom stereocenters. The Hall–Kier alpha value is -2.71. The Bertz CT molecular complexity index is 722. The first-order chi connectivity index (χ1) is 12.7. The molecule has 8 heteroatoms. The average Bonchev–Trinajstić information content (AvgIpc) is 3.20. The maximum absolute atomic E-state index is 12.5. The van der Waals surface area contributed by atoms with E-state index in [2.05, 4.69) is 15.2 Å². The van der Waals surface area contributed by atoms with Gasteiger partial charge in [0.05, 0.1) is 25.0 Å². The second kappa shape index (κ2) is 8.59. The standard InChI is InChI=1S/C18H22N4O4/c23-10-9-21-5-7-22(8-6-21)18(25)16-4-3-14(12-19-16)17(24)20-13-15-2-1-11-26-15/h1-4,11-12,23H,5-10,13H2,(H,20,24). The lowest BCUT2D eigenvalue weighted by Crippen LogP contribution is -2.49. The summed E-state index contributed by atoms with van der Waals surface area (Å²) in [6.45, 7) is 3.72. The van der Waals surface area contributed by atoms with E-state index in [4.69, 9.17) is 9.52 Å². The van der Waals surface area contributed by atoms with Crippen molar-refractivity contribution in [1.29, 1.82) is 0 Å². The molecule has 2 amide bonds. The first-order valence-electron chi connectivity index (χ1n) is 8.56. The molecular weight excluding hydrogens is 336 g/mol. The van der Waals surface area contributed by atoms with Crippen molar-refractivity contribution in [2.75, 3.05) is 39.3 Å². The van der Waals surface area contributed by atoms with Gasteiger partial charge in [0.25, 0.3) is 11.8 Å². The number of β-amino-alcohol motifs (C(OH)–C–C–N with tert-alkyl or cyclic N) is 1. The van der Waals surface area contributed by atoms with E-state index in [-0.39, 0.29) is 18.4 Å². The molecule has 1 saturated heterocycles. The van der Waals surface area contributed by atoms with Crippen LogP contribution in [-0.4, -0.2) is 71.0 Å². The van der Waals surface area contributed by atoms with Gasteiger partial charge >= 0.3 is 0 Å². The maximum atomic E-state index is 12.5. The van der Waals surface area contributed by atoms with E-state index < -0.39 is 0 Å². The molecule has 2 aromatic heterocycles. The smallest absolute Gasteiger partial charge is 0.272 e. The Morgan fingerprint density at radius 2 is 2.00 bits per heavy atom. The zero-order valence-electron chi connectivity index (χ0n) is 14.4. The van der Waals surface area contributed by atoms with E-state index in [1.54, 1.807) is 35.4 Å². The highest BCUT2D eigenvalue weighted by Crippen LogP contribution is 2.08. The molecule has 8 nitrogen and oxygen atoms in total. The zero-order chi connectivity index (χ0) is 18.4. The number of pyridine rings is 1. The minimum atomic E-state index is -0.273. The Morgan fingerprint density at radius 1 is 1.19 bits per heavy atom. The zero-order valence-corrected chi connectivity index (χ0v) is 14.4. The second-order valence-electron chi connectivity index (χ2n) is 6.05. The molecule has 0 unspecified atom stereocenters. The molecule has 0 radical (unpaired) electrons. The number of nitrogens with zero attached hydrogens (tertiary/aromatic N) is 3. The van der Waals surface area contributed by atoms with E-state index in [1.807, 2.05) is 0 Å². The van der Waals surface area contributed by atoms with Crippen LogP contribution in [0.15, 0.2) is 41.1 Å². The van der Waals surface area contributed by atoms with Crippen molar-refractivity contribution < 1.29 is 19.1 Å². The summed E-state index contributed by atoms with van der Waals surface area (Å²) in [5.74, 6) is 0.250. The maximum Gasteiger partial charge on any atom is 0.272 e. The van der Waals surface area contributed by atoms with Crippen LogP contribution in [-0.2, 0) is 6.54 Å². The average molecular weight is 358 g/mol. The molecule has 1 aliphatic rings. The third kappa shape index (κ3) is 4.47. The van der Waals surface area contributed by atoms with Gasteiger partial charge in [-0.15, -0.1) is 0 Å². The molecule has 3 heterocycles. The molecule has 1 aliphatic heterocycles. The number of hydrogen-bond donors (Lipinski definition) is 2. The van der Waals surface area contributed by atoms with Crippen molar-refractivity contribution in [3.8, 4) is 0 Å². The van der Waals surface area contributed by atoms with Crippen LogP contribution in [0.3, 0.4) is 0 Å². The number of amides is 2. The largest absolute Gasteiger partial charge is 0.467 e. The summed E-state index contributed by atoms with van der Waals surface area (Å²) in [4.78, 5) is 32.6. The van der Waals surface area contributed by atoms with Crippen molar-refractivity contribution in [3.63, 3.8) is 0 Å². The van der Waals surface area contributed by atoms with E-state index in [0.29, 0.717) is 43.2 Å². The number of furan rings is 1. The summed E-state index contributed by atoms with van der Waals surface area (Å²) in [6.07, 6.45) is 2.96. The number of carbonyl (C=O) groups excluding carboxylic acids is 2. The van der Waals surface area contributed by atoms with Crippen molar-refractivity contribution in [2.45, 2.75) is 6.54 Å². The van der Waals surface area contributed by atoms with Crippen molar-refractivity contribution in [3.05, 3.63) is 53.7 Å². The molecule has 2 aromatic rings. The molecule has 1 fully saturated rings. The number of nitrogens with one attached hydrogen (secondary N) is 1. The molecule has 0 aromatic carbocycles. The molecule has 0 spiro atoms. The van der Waals surface area contributed by atoms with Gasteiger partial charge in [-0.3, -0.25) is 19.5 Å². The predicted molar refractivity (Wildman–Crippen MR) is 93.5 cm³/mol. The third-order valence-corrected chi connectivity index (χ3v) is 4.32. The van der Waals surface area contributed by atoms with Gasteiger partial charge in [0.1, 0.15) is 11.5 Å². The van der Waals surface area contributed by atoms with Crippen LogP contribution < -0.4 is 5.32 Å². The summed E-state index contributed by atoms with van der Waals surface area (Å²) in [5.41, 5.74) is 0.712. The van der Waals surface area contributed by atoms with E-state index in [9.17, 15) is 9.59 Å². The molecule has 0 saturated carbocycles. The van der Waals surface area contributed by atoms with Gasteiger partial charge in [0, 0.05) is 38.9 Å². The SMILES string of the molecule is O=C(NCc1ccco1)c1ccc(C(=O)N2CCN(CCO)CC2)nc1. The highest BCUT2D eigenvalue weighted by Gasteiger charge is 2.22. The predicted octanol–water partition coefficient (Wildman–Crippen LogP) is 0.355. The van der Waals surface area contributed by atoms with Crippen LogP contribution in [0.2, 0.25) is 0 Å². The van der Waals surface area contributed by atoms with Crippen LogP contribution in [0.5, 0.6) is 0 Å². The van der Waals surface area contributed by atoms with Gasteiger partial charge in [-0.05, 0) is 24.3 Å². The van der Waals surface area contributed by atoms with Crippen LogP contribution >= 0.6 is 0 Å². The van der Waals surface area contributed by atoms with Gasteiger partial charge < -0.3 is 19.7 Å². The Kier molecular flexibility index (Phi) is 5.98. The number of hydrogen-bond acceptors (Lipinski definition) is 6. The fourth-order valence-corrected chi connectivity index (χ4v) is 2.82. The van der Waals surface area contributed by atoms with Gasteiger partial charge in [-0.25, -0.2) is 0 Å². The van der Waals surface area contributed by atoms with Crippen molar-refractivity contribution in [1.82, 2.24) is 20.1 Å². The fraction of sp³-hybridized carbons (Fsp3) is 0.389. The Morgan fingerprint density at radius 3 is 2.62 bits per heavy atom. The fourth-order valence-electron chi connectivity index (χ4n) is 2.82. The van der Waals surface area contributed by atoms with E-state index in [0.717, 1.165) is 13.1 Å². The highest BCUT2D eigenvalue weighted by molar-refractivity contribution is 5.96. The third-order valence-electron chi connectivity index (χ3n) is 4.32. The summed E-state index contributed by atoms with van der Waals surface area (Å²) >= 11 is 0.